The molecule has 2 fully saturated rings. The number of allylic oxidation sites excluding steroid dienone is 1. The number of Topliss-reactive ketones (excluding diaryl/α,β-unsaturated/α-hetero) is 1. The molecule has 0 radical (unpaired) electrons. The van der Waals surface area contributed by atoms with Gasteiger partial charge in [0.2, 0.25) is 0 Å². The third-order valence-electron chi connectivity index (χ3n) is 5.53. The summed E-state index contributed by atoms with van der Waals surface area (Å²) in [5.74, 6) is 0.749. The summed E-state index contributed by atoms with van der Waals surface area (Å²) in [6.45, 7) is 6.62. The van der Waals surface area contributed by atoms with Gasteiger partial charge in [0, 0.05) is 22.9 Å². The Morgan fingerprint density at radius 1 is 1.21 bits per heavy atom. The van der Waals surface area contributed by atoms with E-state index < -0.39 is 0 Å². The maximum Gasteiger partial charge on any atom is 0.167 e. The van der Waals surface area contributed by atoms with Crippen molar-refractivity contribution in [2.75, 3.05) is 5.32 Å². The number of rotatable bonds is 2. The second-order valence-corrected chi connectivity index (χ2v) is 6.58. The van der Waals surface area contributed by atoms with Crippen LogP contribution >= 0.6 is 0 Å². The molecule has 19 heavy (non-hydrogen) atoms. The molecule has 2 atom stereocenters. The van der Waals surface area contributed by atoms with Gasteiger partial charge >= 0.3 is 0 Å². The SMILES string of the molecule is CC1(C)[C@H]2CC[C@]1(C)C(=O)/C2=C\Nc1ccccc1. The molecule has 1 aromatic carbocycles. The second kappa shape index (κ2) is 3.96. The van der Waals surface area contributed by atoms with E-state index >= 15 is 0 Å². The maximum atomic E-state index is 12.6. The lowest BCUT2D eigenvalue weighted by molar-refractivity contribution is -0.125. The van der Waals surface area contributed by atoms with Crippen LogP contribution in [0.25, 0.3) is 0 Å². The van der Waals surface area contributed by atoms with Gasteiger partial charge in [-0.3, -0.25) is 4.79 Å². The molecule has 2 aliphatic rings. The quantitative estimate of drug-likeness (QED) is 0.809. The molecule has 1 N–H and O–H groups in total. The van der Waals surface area contributed by atoms with Crippen LogP contribution in [0.3, 0.4) is 0 Å². The highest BCUT2D eigenvalue weighted by molar-refractivity contribution is 6.04. The lowest BCUT2D eigenvalue weighted by atomic mass is 9.70. The van der Waals surface area contributed by atoms with Gasteiger partial charge in [0.25, 0.3) is 0 Å². The monoisotopic (exact) mass is 255 g/mol. The van der Waals surface area contributed by atoms with Crippen molar-refractivity contribution in [1.82, 2.24) is 0 Å². The molecule has 100 valence electrons. The second-order valence-electron chi connectivity index (χ2n) is 6.58. The highest BCUT2D eigenvalue weighted by Crippen LogP contribution is 2.65. The third kappa shape index (κ3) is 1.59. The first kappa shape index (κ1) is 12.5. The molecule has 2 saturated carbocycles. The van der Waals surface area contributed by atoms with E-state index in [0.29, 0.717) is 11.7 Å². The van der Waals surface area contributed by atoms with Crippen LogP contribution in [0.1, 0.15) is 33.6 Å². The van der Waals surface area contributed by atoms with Crippen molar-refractivity contribution in [1.29, 1.82) is 0 Å². The van der Waals surface area contributed by atoms with E-state index in [1.165, 1.54) is 0 Å². The van der Waals surface area contributed by atoms with Crippen molar-refractivity contribution in [2.45, 2.75) is 33.6 Å². The Hall–Kier alpha value is -1.57. The number of ketones is 1. The topological polar surface area (TPSA) is 29.1 Å². The van der Waals surface area contributed by atoms with E-state index in [9.17, 15) is 4.79 Å². The van der Waals surface area contributed by atoms with Crippen molar-refractivity contribution in [2.24, 2.45) is 16.7 Å². The van der Waals surface area contributed by atoms with Crippen LogP contribution in [0.4, 0.5) is 5.69 Å². The normalized spacial score (nSPS) is 33.9. The van der Waals surface area contributed by atoms with Crippen LogP contribution in [0.2, 0.25) is 0 Å². The van der Waals surface area contributed by atoms with E-state index in [1.54, 1.807) is 0 Å². The van der Waals surface area contributed by atoms with Gasteiger partial charge in [-0.15, -0.1) is 0 Å². The lowest BCUT2D eigenvalue weighted by Gasteiger charge is -2.31. The largest absolute Gasteiger partial charge is 0.361 e. The molecule has 2 heteroatoms. The van der Waals surface area contributed by atoms with Crippen molar-refractivity contribution in [3.8, 4) is 0 Å². The number of carbonyl (C=O) groups is 1. The zero-order valence-corrected chi connectivity index (χ0v) is 11.9. The number of hydrogen-bond acceptors (Lipinski definition) is 2. The van der Waals surface area contributed by atoms with E-state index in [4.69, 9.17) is 0 Å². The zero-order valence-electron chi connectivity index (χ0n) is 11.9. The number of fused-ring (bicyclic) bond motifs is 2. The zero-order chi connectivity index (χ0) is 13.7. The van der Waals surface area contributed by atoms with Gasteiger partial charge in [0.05, 0.1) is 0 Å². The van der Waals surface area contributed by atoms with Gasteiger partial charge in [0.1, 0.15) is 0 Å². The molecule has 0 aromatic heterocycles. The van der Waals surface area contributed by atoms with E-state index in [-0.39, 0.29) is 10.8 Å². The van der Waals surface area contributed by atoms with Crippen LogP contribution in [-0.4, -0.2) is 5.78 Å². The lowest BCUT2D eigenvalue weighted by Crippen LogP contribution is -2.32. The van der Waals surface area contributed by atoms with E-state index in [2.05, 4.69) is 26.1 Å². The number of nitrogens with one attached hydrogen (secondary N) is 1. The highest BCUT2D eigenvalue weighted by Gasteiger charge is 2.63. The van der Waals surface area contributed by atoms with Gasteiger partial charge in [-0.25, -0.2) is 0 Å². The number of para-hydroxylation sites is 1. The Morgan fingerprint density at radius 2 is 1.89 bits per heavy atom. The fourth-order valence-electron chi connectivity index (χ4n) is 3.79. The Labute approximate surface area is 114 Å². The summed E-state index contributed by atoms with van der Waals surface area (Å²) in [5, 5.41) is 3.27. The third-order valence-corrected chi connectivity index (χ3v) is 5.53. The van der Waals surface area contributed by atoms with Crippen molar-refractivity contribution in [3.63, 3.8) is 0 Å². The number of benzene rings is 1. The molecule has 0 heterocycles. The van der Waals surface area contributed by atoms with Crippen LogP contribution in [0.5, 0.6) is 0 Å². The predicted octanol–water partition coefficient (Wildman–Crippen LogP) is 4.01. The average molecular weight is 255 g/mol. The molecule has 0 amide bonds. The number of anilines is 1. The molecule has 2 aliphatic carbocycles. The van der Waals surface area contributed by atoms with Gasteiger partial charge < -0.3 is 5.32 Å². The van der Waals surface area contributed by atoms with Crippen molar-refractivity contribution < 1.29 is 4.79 Å². The van der Waals surface area contributed by atoms with E-state index in [1.807, 2.05) is 36.5 Å². The molecule has 2 nitrogen and oxygen atoms in total. The fraction of sp³-hybridized carbons (Fsp3) is 0.471. The summed E-state index contributed by atoms with van der Waals surface area (Å²) < 4.78 is 0. The minimum atomic E-state index is -0.165. The number of hydrogen-bond donors (Lipinski definition) is 1. The first-order valence-corrected chi connectivity index (χ1v) is 7.03. The minimum Gasteiger partial charge on any atom is -0.361 e. The van der Waals surface area contributed by atoms with Crippen LogP contribution in [0, 0.1) is 16.7 Å². The number of carbonyl (C=O) groups excluding carboxylic acids is 1. The Bertz CT molecular complexity index is 544. The molecule has 0 saturated heterocycles. The van der Waals surface area contributed by atoms with Crippen molar-refractivity contribution >= 4 is 11.5 Å². The Morgan fingerprint density at radius 3 is 2.47 bits per heavy atom. The predicted molar refractivity (Wildman–Crippen MR) is 77.8 cm³/mol. The van der Waals surface area contributed by atoms with Crippen LogP contribution in [-0.2, 0) is 4.79 Å². The van der Waals surface area contributed by atoms with Gasteiger partial charge in [-0.2, -0.15) is 0 Å². The van der Waals surface area contributed by atoms with Gasteiger partial charge in [-0.05, 0) is 36.3 Å². The molecule has 0 spiro atoms. The first-order valence-electron chi connectivity index (χ1n) is 7.03. The smallest absolute Gasteiger partial charge is 0.167 e. The summed E-state index contributed by atoms with van der Waals surface area (Å²) in [7, 11) is 0. The van der Waals surface area contributed by atoms with Gasteiger partial charge in [0.15, 0.2) is 5.78 Å². The molecular weight excluding hydrogens is 234 g/mol. The molecule has 2 bridgehead atoms. The summed E-state index contributed by atoms with van der Waals surface area (Å²) in [5.41, 5.74) is 1.95. The molecule has 3 rings (SSSR count). The maximum absolute atomic E-state index is 12.6. The molecule has 0 unspecified atom stereocenters. The standard InChI is InChI=1S/C17H21NO/c1-16(2)14-9-10-17(16,3)15(19)13(14)11-18-12-7-5-4-6-8-12/h4-8,11,14,18H,9-10H2,1-3H3/b13-11-/t14-,17+/m0/s1. The summed E-state index contributed by atoms with van der Waals surface area (Å²) in [4.78, 5) is 12.6. The molecular formula is C17H21NO. The average Bonchev–Trinajstić information content (AvgIpc) is 2.70. The highest BCUT2D eigenvalue weighted by atomic mass is 16.1. The van der Waals surface area contributed by atoms with E-state index in [0.717, 1.165) is 24.1 Å². The summed E-state index contributed by atoms with van der Waals surface area (Å²) >= 11 is 0. The Kier molecular flexibility index (Phi) is 2.60. The summed E-state index contributed by atoms with van der Waals surface area (Å²) in [6.07, 6.45) is 4.11. The van der Waals surface area contributed by atoms with Gasteiger partial charge in [-0.1, -0.05) is 39.0 Å². The summed E-state index contributed by atoms with van der Waals surface area (Å²) in [6, 6.07) is 10.0. The molecule has 0 aliphatic heterocycles. The van der Waals surface area contributed by atoms with Crippen molar-refractivity contribution in [3.05, 3.63) is 42.1 Å². The molecule has 1 aromatic rings. The first-order chi connectivity index (χ1) is 8.97. The van der Waals surface area contributed by atoms with Crippen LogP contribution in [0.15, 0.2) is 42.1 Å². The fourth-order valence-corrected chi connectivity index (χ4v) is 3.79. The Balaban J connectivity index is 1.89. The van der Waals surface area contributed by atoms with Crippen LogP contribution < -0.4 is 5.32 Å². The minimum absolute atomic E-state index is 0.0916.